The van der Waals surface area contributed by atoms with Crippen LogP contribution in [0.25, 0.3) is 0 Å². The quantitative estimate of drug-likeness (QED) is 0.0261. The molecular weight excluding hydrogens is 973 g/mol. The molecule has 0 aromatic rings. The lowest BCUT2D eigenvalue weighted by atomic mass is 10.0. The van der Waals surface area contributed by atoms with E-state index in [4.69, 9.17) is 14.2 Å². The summed E-state index contributed by atoms with van der Waals surface area (Å²) in [5.41, 5.74) is 0. The number of carbonyl (C=O) groups is 3. The molecule has 0 aromatic heterocycles. The van der Waals surface area contributed by atoms with Crippen molar-refractivity contribution >= 4 is 17.9 Å². The van der Waals surface area contributed by atoms with Gasteiger partial charge in [0.2, 0.25) is 0 Å². The van der Waals surface area contributed by atoms with Crippen LogP contribution in [0, 0.1) is 0 Å². The number of allylic oxidation sites excluding steroid dienone is 14. The maximum Gasteiger partial charge on any atom is 0.306 e. The normalized spacial score (nSPS) is 12.6. The predicted octanol–water partition coefficient (Wildman–Crippen LogP) is 23.4. The van der Waals surface area contributed by atoms with Crippen LogP contribution < -0.4 is 0 Å². The van der Waals surface area contributed by atoms with Crippen LogP contribution in [0.5, 0.6) is 0 Å². The van der Waals surface area contributed by atoms with Crippen molar-refractivity contribution in [1.29, 1.82) is 0 Å². The van der Waals surface area contributed by atoms with Gasteiger partial charge in [0.25, 0.3) is 0 Å². The first-order valence-corrected chi connectivity index (χ1v) is 34.1. The average molecular weight is 1100 g/mol. The van der Waals surface area contributed by atoms with Crippen LogP contribution in [0.1, 0.15) is 342 Å². The minimum absolute atomic E-state index is 0.0779. The van der Waals surface area contributed by atoms with Gasteiger partial charge in [0.15, 0.2) is 6.10 Å². The molecule has 6 heteroatoms. The fourth-order valence-corrected chi connectivity index (χ4v) is 9.74. The molecule has 0 heterocycles. The summed E-state index contributed by atoms with van der Waals surface area (Å²) in [7, 11) is 0. The number of hydrogen-bond acceptors (Lipinski definition) is 6. The number of esters is 3. The second-order valence-corrected chi connectivity index (χ2v) is 22.7. The van der Waals surface area contributed by atoms with Gasteiger partial charge in [0.1, 0.15) is 13.2 Å². The van der Waals surface area contributed by atoms with Gasteiger partial charge in [-0.25, -0.2) is 0 Å². The summed E-state index contributed by atoms with van der Waals surface area (Å²) in [6.07, 6.45) is 89.1. The van der Waals surface area contributed by atoms with Gasteiger partial charge >= 0.3 is 17.9 Å². The molecule has 0 aliphatic carbocycles. The molecule has 0 aliphatic heterocycles. The smallest absolute Gasteiger partial charge is 0.306 e. The molecular formula is C73H128O6. The zero-order chi connectivity index (χ0) is 57.1. The highest BCUT2D eigenvalue weighted by Crippen LogP contribution is 2.17. The Morgan fingerprint density at radius 1 is 0.266 bits per heavy atom. The van der Waals surface area contributed by atoms with Gasteiger partial charge in [0.05, 0.1) is 0 Å². The highest BCUT2D eigenvalue weighted by Gasteiger charge is 2.19. The molecule has 456 valence electrons. The van der Waals surface area contributed by atoms with E-state index in [2.05, 4.69) is 106 Å². The molecule has 0 saturated heterocycles. The summed E-state index contributed by atoms with van der Waals surface area (Å²) >= 11 is 0. The third-order valence-electron chi connectivity index (χ3n) is 14.9. The van der Waals surface area contributed by atoms with Crippen LogP contribution in [0.2, 0.25) is 0 Å². The molecule has 0 N–H and O–H groups in total. The summed E-state index contributed by atoms with van der Waals surface area (Å²) in [4.78, 5) is 38.2. The summed E-state index contributed by atoms with van der Waals surface area (Å²) in [6.45, 7) is 6.50. The Hall–Kier alpha value is -3.41. The maximum absolute atomic E-state index is 12.9. The second-order valence-electron chi connectivity index (χ2n) is 22.7. The molecule has 79 heavy (non-hydrogen) atoms. The van der Waals surface area contributed by atoms with E-state index in [0.717, 1.165) is 109 Å². The van der Waals surface area contributed by atoms with E-state index in [1.165, 1.54) is 193 Å². The molecule has 0 aliphatic rings. The van der Waals surface area contributed by atoms with E-state index in [1.807, 2.05) is 0 Å². The Labute approximate surface area is 490 Å². The zero-order valence-electron chi connectivity index (χ0n) is 52.4. The molecule has 0 fully saturated rings. The number of ether oxygens (including phenoxy) is 3. The fraction of sp³-hybridized carbons (Fsp3) is 0.767. The molecule has 0 saturated carbocycles. The van der Waals surface area contributed by atoms with Crippen LogP contribution in [0.3, 0.4) is 0 Å². The van der Waals surface area contributed by atoms with Crippen molar-refractivity contribution in [2.45, 2.75) is 348 Å². The molecule has 0 amide bonds. The lowest BCUT2D eigenvalue weighted by molar-refractivity contribution is -0.167. The lowest BCUT2D eigenvalue weighted by Gasteiger charge is -2.18. The van der Waals surface area contributed by atoms with Gasteiger partial charge in [-0.1, -0.05) is 298 Å². The predicted molar refractivity (Wildman–Crippen MR) is 344 cm³/mol. The summed E-state index contributed by atoms with van der Waals surface area (Å²) in [6, 6.07) is 0. The van der Waals surface area contributed by atoms with Gasteiger partial charge in [-0.05, 0) is 109 Å². The Bertz CT molecular complexity index is 1500. The van der Waals surface area contributed by atoms with Gasteiger partial charge < -0.3 is 14.2 Å². The fourth-order valence-electron chi connectivity index (χ4n) is 9.74. The Balaban J connectivity index is 4.07. The summed E-state index contributed by atoms with van der Waals surface area (Å²) < 4.78 is 16.9. The van der Waals surface area contributed by atoms with E-state index < -0.39 is 6.10 Å². The largest absolute Gasteiger partial charge is 0.462 e. The molecule has 0 radical (unpaired) electrons. The van der Waals surface area contributed by atoms with Crippen molar-refractivity contribution in [3.63, 3.8) is 0 Å². The molecule has 1 unspecified atom stereocenters. The first kappa shape index (κ1) is 75.6. The molecule has 0 rings (SSSR count). The molecule has 1 atom stereocenters. The summed E-state index contributed by atoms with van der Waals surface area (Å²) in [5.74, 6) is -0.881. The van der Waals surface area contributed by atoms with E-state index in [0.29, 0.717) is 19.3 Å². The van der Waals surface area contributed by atoms with Gasteiger partial charge in [-0.2, -0.15) is 0 Å². The van der Waals surface area contributed by atoms with E-state index in [1.54, 1.807) is 0 Å². The average Bonchev–Trinajstić information content (AvgIpc) is 3.45. The Morgan fingerprint density at radius 2 is 0.506 bits per heavy atom. The van der Waals surface area contributed by atoms with Crippen molar-refractivity contribution in [3.05, 3.63) is 85.1 Å². The second kappa shape index (κ2) is 67.1. The number of hydrogen-bond donors (Lipinski definition) is 0. The highest BCUT2D eigenvalue weighted by molar-refractivity contribution is 5.71. The van der Waals surface area contributed by atoms with Crippen molar-refractivity contribution in [2.75, 3.05) is 13.2 Å². The number of rotatable bonds is 62. The van der Waals surface area contributed by atoms with Crippen LogP contribution in [0.4, 0.5) is 0 Å². The van der Waals surface area contributed by atoms with Crippen molar-refractivity contribution in [1.82, 2.24) is 0 Å². The van der Waals surface area contributed by atoms with Gasteiger partial charge in [0, 0.05) is 19.3 Å². The van der Waals surface area contributed by atoms with Crippen LogP contribution in [0.15, 0.2) is 85.1 Å². The minimum Gasteiger partial charge on any atom is -0.462 e. The van der Waals surface area contributed by atoms with Gasteiger partial charge in [-0.3, -0.25) is 14.4 Å². The van der Waals surface area contributed by atoms with E-state index in [9.17, 15) is 14.4 Å². The molecule has 0 bridgehead atoms. The third-order valence-corrected chi connectivity index (χ3v) is 14.9. The first-order valence-electron chi connectivity index (χ1n) is 34.1. The van der Waals surface area contributed by atoms with Crippen molar-refractivity contribution in [2.24, 2.45) is 0 Å². The van der Waals surface area contributed by atoms with E-state index in [-0.39, 0.29) is 31.1 Å². The van der Waals surface area contributed by atoms with Gasteiger partial charge in [-0.15, -0.1) is 0 Å². The number of carbonyl (C=O) groups excluding carboxylic acids is 3. The van der Waals surface area contributed by atoms with Crippen LogP contribution in [-0.4, -0.2) is 37.2 Å². The van der Waals surface area contributed by atoms with Crippen LogP contribution >= 0.6 is 0 Å². The minimum atomic E-state index is -0.781. The van der Waals surface area contributed by atoms with Crippen molar-refractivity contribution < 1.29 is 28.6 Å². The SMILES string of the molecule is CC/C=C\C/C=C\C/C=C\C/C=C\C/C=C\CCCCCCCCCCCCCCCCCCCCCC(=O)OCC(COC(=O)CCCCCCC/C=C\CCCC)OC(=O)CCCCCCC/C=C\CCCCCCCC. The monoisotopic (exact) mass is 1100 g/mol. The highest BCUT2D eigenvalue weighted by atomic mass is 16.6. The zero-order valence-corrected chi connectivity index (χ0v) is 52.4. The van der Waals surface area contributed by atoms with Crippen molar-refractivity contribution in [3.8, 4) is 0 Å². The molecule has 0 aromatic carbocycles. The summed E-state index contributed by atoms with van der Waals surface area (Å²) in [5, 5.41) is 0. The first-order chi connectivity index (χ1) is 39.0. The molecule has 6 nitrogen and oxygen atoms in total. The third kappa shape index (κ3) is 65.3. The lowest BCUT2D eigenvalue weighted by Crippen LogP contribution is -2.30. The molecule has 0 spiro atoms. The topological polar surface area (TPSA) is 78.9 Å². The maximum atomic E-state index is 12.9. The standard InChI is InChI=1S/C73H128O6/c1-4-7-10-13-16-19-22-24-26-27-28-29-30-31-32-33-34-35-36-37-38-39-40-41-42-43-44-45-47-48-51-54-57-60-63-66-72(75)78-69-70(68-77-71(74)65-62-59-56-53-50-21-18-15-12-9-6-3)79-73(76)67-64-61-58-55-52-49-46-25-23-20-17-14-11-8-5-2/h7,10,15-16,18-19,24-26,28-29,31-32,46,70H,4-6,8-9,11-14,17,20-23,27,30,33-45,47-69H2,1-3H3/b10-7-,18-15-,19-16-,26-24-,29-28-,32-31-,46-25-. The Kier molecular flexibility index (Phi) is 64.2. The number of unbranched alkanes of at least 4 members (excludes halogenated alkanes) is 37. The van der Waals surface area contributed by atoms with E-state index >= 15 is 0 Å². The Morgan fingerprint density at radius 3 is 0.823 bits per heavy atom. The van der Waals surface area contributed by atoms with Crippen LogP contribution in [-0.2, 0) is 28.6 Å².